The van der Waals surface area contributed by atoms with Crippen molar-refractivity contribution in [3.63, 3.8) is 0 Å². The molecule has 0 spiro atoms. The molecule has 3 aromatic rings. The monoisotopic (exact) mass is 437 g/mol. The summed E-state index contributed by atoms with van der Waals surface area (Å²) in [5.74, 6) is 0.646. The second-order valence-corrected chi connectivity index (χ2v) is 9.51. The average Bonchev–Trinajstić information content (AvgIpc) is 3.25. The van der Waals surface area contributed by atoms with Crippen LogP contribution in [0.1, 0.15) is 38.2 Å². The summed E-state index contributed by atoms with van der Waals surface area (Å²) in [5, 5.41) is 12.8. The molecule has 32 heavy (non-hydrogen) atoms. The fourth-order valence-electron chi connectivity index (χ4n) is 4.21. The third-order valence-corrected chi connectivity index (χ3v) is 5.97. The third kappa shape index (κ3) is 4.60. The van der Waals surface area contributed by atoms with Gasteiger partial charge in [-0.05, 0) is 73.2 Å². The van der Waals surface area contributed by atoms with Crippen molar-refractivity contribution in [1.82, 2.24) is 25.1 Å². The number of halogens is 1. The van der Waals surface area contributed by atoms with E-state index in [1.54, 1.807) is 0 Å². The molecule has 0 aliphatic carbocycles. The minimum Gasteiger partial charge on any atom is -0.378 e. The lowest BCUT2D eigenvalue weighted by Crippen LogP contribution is -2.48. The first-order chi connectivity index (χ1) is 15.2. The van der Waals surface area contributed by atoms with Gasteiger partial charge >= 0.3 is 0 Å². The summed E-state index contributed by atoms with van der Waals surface area (Å²) in [4.78, 5) is 6.84. The number of aromatic nitrogens is 4. The summed E-state index contributed by atoms with van der Waals surface area (Å²) >= 11 is 0. The molecule has 0 unspecified atom stereocenters. The number of rotatable bonds is 5. The van der Waals surface area contributed by atoms with Crippen molar-refractivity contribution in [1.29, 1.82) is 0 Å². The van der Waals surface area contributed by atoms with E-state index in [1.807, 2.05) is 30.9 Å². The molecule has 0 bridgehead atoms. The standard InChI is InChI=1S/C24H32FN7/c1-24(2,3)32-23(26-27-28-32)22(18-6-10-20(11-7-18)29(4)5)31-16-14-30(15-17-31)21-12-8-19(25)9-13-21/h6-13,22H,14-17H2,1-5H3/t22-/m1/s1. The van der Waals surface area contributed by atoms with E-state index in [4.69, 9.17) is 0 Å². The maximum atomic E-state index is 13.3. The number of nitrogens with zero attached hydrogens (tertiary/aromatic N) is 7. The number of hydrogen-bond donors (Lipinski definition) is 0. The van der Waals surface area contributed by atoms with Crippen molar-refractivity contribution >= 4 is 11.4 Å². The highest BCUT2D eigenvalue weighted by Crippen LogP contribution is 2.32. The van der Waals surface area contributed by atoms with Crippen LogP contribution in [0.25, 0.3) is 0 Å². The highest BCUT2D eigenvalue weighted by Gasteiger charge is 2.33. The predicted octanol–water partition coefficient (Wildman–Crippen LogP) is 3.54. The molecule has 170 valence electrons. The molecule has 1 aliphatic heterocycles. The zero-order valence-electron chi connectivity index (χ0n) is 19.5. The molecule has 1 saturated heterocycles. The van der Waals surface area contributed by atoms with E-state index in [9.17, 15) is 4.39 Å². The summed E-state index contributed by atoms with van der Waals surface area (Å²) in [6, 6.07) is 15.3. The van der Waals surface area contributed by atoms with E-state index >= 15 is 0 Å². The van der Waals surface area contributed by atoms with E-state index in [0.717, 1.165) is 43.4 Å². The fourth-order valence-corrected chi connectivity index (χ4v) is 4.21. The molecule has 2 heterocycles. The lowest BCUT2D eigenvalue weighted by Gasteiger charge is -2.40. The molecule has 1 fully saturated rings. The Balaban J connectivity index is 1.63. The van der Waals surface area contributed by atoms with Crippen LogP contribution in [0, 0.1) is 5.82 Å². The van der Waals surface area contributed by atoms with Gasteiger partial charge < -0.3 is 9.80 Å². The van der Waals surface area contributed by atoms with Gasteiger partial charge in [0.1, 0.15) is 5.82 Å². The molecule has 1 atom stereocenters. The van der Waals surface area contributed by atoms with Crippen LogP contribution < -0.4 is 9.80 Å². The quantitative estimate of drug-likeness (QED) is 0.609. The van der Waals surface area contributed by atoms with Crippen LogP contribution in [0.15, 0.2) is 48.5 Å². The molecule has 0 amide bonds. The zero-order valence-corrected chi connectivity index (χ0v) is 19.5. The van der Waals surface area contributed by atoms with E-state index < -0.39 is 0 Å². The van der Waals surface area contributed by atoms with Gasteiger partial charge in [0.25, 0.3) is 0 Å². The lowest BCUT2D eigenvalue weighted by molar-refractivity contribution is 0.191. The number of benzene rings is 2. The predicted molar refractivity (Wildman–Crippen MR) is 126 cm³/mol. The van der Waals surface area contributed by atoms with Gasteiger partial charge in [0, 0.05) is 51.6 Å². The first-order valence-electron chi connectivity index (χ1n) is 11.0. The normalized spacial score (nSPS) is 16.2. The smallest absolute Gasteiger partial charge is 0.173 e. The lowest BCUT2D eigenvalue weighted by atomic mass is 10.0. The number of anilines is 2. The molecule has 2 aromatic carbocycles. The van der Waals surface area contributed by atoms with Gasteiger partial charge in [-0.2, -0.15) is 0 Å². The molecule has 0 saturated carbocycles. The molecule has 1 aromatic heterocycles. The van der Waals surface area contributed by atoms with Crippen molar-refractivity contribution in [2.45, 2.75) is 32.4 Å². The molecule has 7 nitrogen and oxygen atoms in total. The van der Waals surface area contributed by atoms with Crippen molar-refractivity contribution < 1.29 is 4.39 Å². The van der Waals surface area contributed by atoms with Crippen LogP contribution in [0.5, 0.6) is 0 Å². The van der Waals surface area contributed by atoms with E-state index in [-0.39, 0.29) is 17.4 Å². The summed E-state index contributed by atoms with van der Waals surface area (Å²) in [6.07, 6.45) is 0. The first kappa shape index (κ1) is 22.2. The summed E-state index contributed by atoms with van der Waals surface area (Å²) in [7, 11) is 4.09. The van der Waals surface area contributed by atoms with Crippen LogP contribution in [-0.4, -0.2) is 65.4 Å². The molecule has 8 heteroatoms. The van der Waals surface area contributed by atoms with Gasteiger partial charge in [-0.1, -0.05) is 12.1 Å². The van der Waals surface area contributed by atoms with Crippen molar-refractivity contribution in [3.8, 4) is 0 Å². The second-order valence-electron chi connectivity index (χ2n) is 9.51. The first-order valence-corrected chi connectivity index (χ1v) is 11.0. The van der Waals surface area contributed by atoms with E-state index in [1.165, 1.54) is 17.7 Å². The Kier molecular flexibility index (Phi) is 6.15. The fraction of sp³-hybridized carbons (Fsp3) is 0.458. The minimum atomic E-state index is -0.226. The Morgan fingerprint density at radius 1 is 0.906 bits per heavy atom. The summed E-state index contributed by atoms with van der Waals surface area (Å²) < 4.78 is 15.3. The van der Waals surface area contributed by atoms with Crippen molar-refractivity contribution in [2.75, 3.05) is 50.1 Å². The molecule has 0 N–H and O–H groups in total. The highest BCUT2D eigenvalue weighted by atomic mass is 19.1. The number of piperazine rings is 1. The molecular weight excluding hydrogens is 405 g/mol. The van der Waals surface area contributed by atoms with Gasteiger partial charge in [-0.3, -0.25) is 4.90 Å². The highest BCUT2D eigenvalue weighted by molar-refractivity contribution is 5.48. The third-order valence-electron chi connectivity index (χ3n) is 5.97. The van der Waals surface area contributed by atoms with E-state index in [2.05, 4.69) is 75.3 Å². The number of hydrogen-bond acceptors (Lipinski definition) is 6. The Bertz CT molecular complexity index is 1010. The van der Waals surface area contributed by atoms with Crippen molar-refractivity contribution in [3.05, 3.63) is 65.7 Å². The Morgan fingerprint density at radius 3 is 2.09 bits per heavy atom. The Hall–Kier alpha value is -3.00. The van der Waals surface area contributed by atoms with Crippen LogP contribution in [-0.2, 0) is 5.54 Å². The molecular formula is C24H32FN7. The second kappa shape index (κ2) is 8.86. The Labute approximate surface area is 189 Å². The largest absolute Gasteiger partial charge is 0.378 e. The molecule has 4 rings (SSSR count). The average molecular weight is 438 g/mol. The SMILES string of the molecule is CN(C)c1ccc([C@H](c2nnnn2C(C)(C)C)N2CCN(c3ccc(F)cc3)CC2)cc1. The van der Waals surface area contributed by atoms with Crippen LogP contribution in [0.3, 0.4) is 0 Å². The van der Waals surface area contributed by atoms with Crippen LogP contribution in [0.4, 0.5) is 15.8 Å². The van der Waals surface area contributed by atoms with Crippen LogP contribution >= 0.6 is 0 Å². The van der Waals surface area contributed by atoms with Gasteiger partial charge in [0.2, 0.25) is 0 Å². The van der Waals surface area contributed by atoms with Gasteiger partial charge in [-0.15, -0.1) is 5.10 Å². The van der Waals surface area contributed by atoms with Crippen LogP contribution in [0.2, 0.25) is 0 Å². The maximum absolute atomic E-state index is 13.3. The molecule has 1 aliphatic rings. The summed E-state index contributed by atoms with van der Waals surface area (Å²) in [6.45, 7) is 9.77. The zero-order chi connectivity index (χ0) is 22.9. The van der Waals surface area contributed by atoms with Crippen molar-refractivity contribution in [2.24, 2.45) is 0 Å². The van der Waals surface area contributed by atoms with Gasteiger partial charge in [-0.25, -0.2) is 9.07 Å². The van der Waals surface area contributed by atoms with Gasteiger partial charge in [0.05, 0.1) is 11.6 Å². The topological polar surface area (TPSA) is 53.3 Å². The minimum absolute atomic E-state index is 0.0456. The summed E-state index contributed by atoms with van der Waals surface area (Å²) in [5.41, 5.74) is 3.16. The van der Waals surface area contributed by atoms with Gasteiger partial charge in [0.15, 0.2) is 5.82 Å². The Morgan fingerprint density at radius 2 is 1.53 bits per heavy atom. The maximum Gasteiger partial charge on any atom is 0.173 e. The molecule has 0 radical (unpaired) electrons. The number of tetrazole rings is 1. The van der Waals surface area contributed by atoms with E-state index in [0.29, 0.717) is 0 Å².